The quantitative estimate of drug-likeness (QED) is 0.935. The van der Waals surface area contributed by atoms with E-state index in [0.29, 0.717) is 6.54 Å². The van der Waals surface area contributed by atoms with Gasteiger partial charge in [-0.1, -0.05) is 18.2 Å². The Morgan fingerprint density at radius 3 is 2.50 bits per heavy atom. The summed E-state index contributed by atoms with van der Waals surface area (Å²) in [5, 5.41) is 5.97. The van der Waals surface area contributed by atoms with Gasteiger partial charge in [0.05, 0.1) is 17.2 Å². The predicted molar refractivity (Wildman–Crippen MR) is 83.3 cm³/mol. The smallest absolute Gasteiger partial charge is 0.321 e. The number of anilines is 1. The van der Waals surface area contributed by atoms with E-state index in [1.165, 1.54) is 0 Å². The molecule has 1 N–H and O–H groups in total. The van der Waals surface area contributed by atoms with E-state index in [-0.39, 0.29) is 6.03 Å². The van der Waals surface area contributed by atoms with Crippen LogP contribution >= 0.6 is 11.3 Å². The topological polar surface area (TPSA) is 45.2 Å². The second kappa shape index (κ2) is 6.05. The fourth-order valence-corrected chi connectivity index (χ4v) is 2.61. The molecule has 0 aliphatic carbocycles. The number of carbonyl (C=O) groups is 1. The first-order valence-corrected chi connectivity index (χ1v) is 7.34. The lowest BCUT2D eigenvalue weighted by Gasteiger charge is -2.19. The molecule has 0 saturated carbocycles. The Morgan fingerprint density at radius 2 is 1.95 bits per heavy atom. The maximum atomic E-state index is 12.2. The first-order valence-electron chi connectivity index (χ1n) is 6.46. The van der Waals surface area contributed by atoms with Crippen LogP contribution in [0.1, 0.15) is 21.8 Å². The van der Waals surface area contributed by atoms with E-state index in [4.69, 9.17) is 0 Å². The molecule has 106 valence electrons. The second-order valence-electron chi connectivity index (χ2n) is 4.91. The van der Waals surface area contributed by atoms with Crippen LogP contribution < -0.4 is 5.32 Å². The average molecular weight is 289 g/mol. The molecule has 20 heavy (non-hydrogen) atoms. The van der Waals surface area contributed by atoms with Gasteiger partial charge in [-0.2, -0.15) is 0 Å². The van der Waals surface area contributed by atoms with E-state index in [1.807, 2.05) is 44.4 Å². The van der Waals surface area contributed by atoms with E-state index in [1.54, 1.807) is 23.3 Å². The first-order chi connectivity index (χ1) is 9.47. The fourth-order valence-electron chi connectivity index (χ4n) is 2.01. The summed E-state index contributed by atoms with van der Waals surface area (Å²) in [5.41, 5.74) is 3.94. The Bertz CT molecular complexity index is 601. The Kier molecular flexibility index (Phi) is 4.39. The SMILES string of the molecule is Cc1nc(CN(C)C(=O)Nc2c(C)cccc2C)cs1. The predicted octanol–water partition coefficient (Wildman–Crippen LogP) is 3.73. The molecular weight excluding hydrogens is 270 g/mol. The maximum Gasteiger partial charge on any atom is 0.321 e. The number of aryl methyl sites for hydroxylation is 3. The standard InChI is InChI=1S/C15H19N3OS/c1-10-6-5-7-11(2)14(10)17-15(19)18(4)8-13-9-20-12(3)16-13/h5-7,9H,8H2,1-4H3,(H,17,19). The Morgan fingerprint density at radius 1 is 1.30 bits per heavy atom. The molecule has 0 saturated heterocycles. The van der Waals surface area contributed by atoms with Gasteiger partial charge in [0.25, 0.3) is 0 Å². The van der Waals surface area contributed by atoms with Gasteiger partial charge in [0.2, 0.25) is 0 Å². The lowest BCUT2D eigenvalue weighted by atomic mass is 10.1. The molecular formula is C15H19N3OS. The minimum Gasteiger partial charge on any atom is -0.322 e. The van der Waals surface area contributed by atoms with Crippen LogP contribution in [0, 0.1) is 20.8 Å². The average Bonchev–Trinajstić information content (AvgIpc) is 2.79. The fraction of sp³-hybridized carbons (Fsp3) is 0.333. The summed E-state index contributed by atoms with van der Waals surface area (Å²) in [7, 11) is 1.78. The molecule has 0 radical (unpaired) electrons. The number of thiazole rings is 1. The molecule has 1 aromatic heterocycles. The summed E-state index contributed by atoms with van der Waals surface area (Å²) in [5.74, 6) is 0. The van der Waals surface area contributed by atoms with Crippen molar-refractivity contribution in [2.45, 2.75) is 27.3 Å². The molecule has 0 fully saturated rings. The normalized spacial score (nSPS) is 10.4. The molecule has 0 atom stereocenters. The summed E-state index contributed by atoms with van der Waals surface area (Å²) >= 11 is 1.60. The number of urea groups is 1. The molecule has 0 spiro atoms. The van der Waals surface area contributed by atoms with E-state index in [0.717, 1.165) is 27.5 Å². The maximum absolute atomic E-state index is 12.2. The van der Waals surface area contributed by atoms with Crippen molar-refractivity contribution < 1.29 is 4.79 Å². The van der Waals surface area contributed by atoms with E-state index < -0.39 is 0 Å². The molecule has 0 bridgehead atoms. The number of benzene rings is 1. The molecule has 2 amide bonds. The van der Waals surface area contributed by atoms with Crippen molar-refractivity contribution >= 4 is 23.1 Å². The molecule has 1 aromatic carbocycles. The monoisotopic (exact) mass is 289 g/mol. The van der Waals surface area contributed by atoms with Gasteiger partial charge in [0.15, 0.2) is 0 Å². The van der Waals surface area contributed by atoms with Gasteiger partial charge in [-0.05, 0) is 31.9 Å². The zero-order valence-electron chi connectivity index (χ0n) is 12.2. The molecule has 2 rings (SSSR count). The highest BCUT2D eigenvalue weighted by Gasteiger charge is 2.13. The summed E-state index contributed by atoms with van der Waals surface area (Å²) in [6.07, 6.45) is 0. The number of para-hydroxylation sites is 1. The first kappa shape index (κ1) is 14.5. The molecule has 2 aromatic rings. The van der Waals surface area contributed by atoms with Crippen LogP contribution in [-0.2, 0) is 6.54 Å². The van der Waals surface area contributed by atoms with Crippen molar-refractivity contribution in [1.29, 1.82) is 0 Å². The highest BCUT2D eigenvalue weighted by Crippen LogP contribution is 2.20. The van der Waals surface area contributed by atoms with Gasteiger partial charge in [0.1, 0.15) is 0 Å². The summed E-state index contributed by atoms with van der Waals surface area (Å²) < 4.78 is 0. The third kappa shape index (κ3) is 3.36. The van der Waals surface area contributed by atoms with Crippen LogP contribution in [0.25, 0.3) is 0 Å². The van der Waals surface area contributed by atoms with Crippen molar-refractivity contribution in [3.8, 4) is 0 Å². The Hall–Kier alpha value is -1.88. The summed E-state index contributed by atoms with van der Waals surface area (Å²) in [4.78, 5) is 18.2. The van der Waals surface area contributed by atoms with Crippen molar-refractivity contribution in [1.82, 2.24) is 9.88 Å². The minimum atomic E-state index is -0.118. The number of aromatic nitrogens is 1. The lowest BCUT2D eigenvalue weighted by Crippen LogP contribution is -2.31. The molecule has 0 unspecified atom stereocenters. The van der Waals surface area contributed by atoms with Crippen LogP contribution in [0.15, 0.2) is 23.6 Å². The zero-order chi connectivity index (χ0) is 14.7. The van der Waals surface area contributed by atoms with E-state index in [2.05, 4.69) is 10.3 Å². The van der Waals surface area contributed by atoms with E-state index in [9.17, 15) is 4.79 Å². The van der Waals surface area contributed by atoms with Gasteiger partial charge >= 0.3 is 6.03 Å². The van der Waals surface area contributed by atoms with Crippen LogP contribution in [0.5, 0.6) is 0 Å². The highest BCUT2D eigenvalue weighted by atomic mass is 32.1. The van der Waals surface area contributed by atoms with Crippen LogP contribution in [0.2, 0.25) is 0 Å². The number of rotatable bonds is 3. The second-order valence-corrected chi connectivity index (χ2v) is 5.97. The van der Waals surface area contributed by atoms with Gasteiger partial charge in [-0.25, -0.2) is 9.78 Å². The van der Waals surface area contributed by atoms with Crippen molar-refractivity contribution in [3.63, 3.8) is 0 Å². The highest BCUT2D eigenvalue weighted by molar-refractivity contribution is 7.09. The van der Waals surface area contributed by atoms with Crippen LogP contribution in [0.3, 0.4) is 0 Å². The van der Waals surface area contributed by atoms with Gasteiger partial charge in [0, 0.05) is 18.1 Å². The minimum absolute atomic E-state index is 0.118. The summed E-state index contributed by atoms with van der Waals surface area (Å²) in [6, 6.07) is 5.86. The zero-order valence-corrected chi connectivity index (χ0v) is 13.0. The molecule has 5 heteroatoms. The Balaban J connectivity index is 2.04. The number of carbonyl (C=O) groups excluding carboxylic acids is 1. The van der Waals surface area contributed by atoms with Crippen molar-refractivity contribution in [3.05, 3.63) is 45.4 Å². The van der Waals surface area contributed by atoms with Crippen LogP contribution in [-0.4, -0.2) is 23.0 Å². The number of hydrogen-bond acceptors (Lipinski definition) is 3. The van der Waals surface area contributed by atoms with E-state index >= 15 is 0 Å². The third-order valence-electron chi connectivity index (χ3n) is 3.13. The molecule has 0 aliphatic heterocycles. The number of nitrogens with zero attached hydrogens (tertiary/aromatic N) is 2. The Labute approximate surface area is 123 Å². The molecule has 1 heterocycles. The lowest BCUT2D eigenvalue weighted by molar-refractivity contribution is 0.220. The summed E-state index contributed by atoms with van der Waals surface area (Å²) in [6.45, 7) is 6.46. The number of hydrogen-bond donors (Lipinski definition) is 1. The van der Waals surface area contributed by atoms with Crippen LogP contribution in [0.4, 0.5) is 10.5 Å². The van der Waals surface area contributed by atoms with Gasteiger partial charge in [-0.3, -0.25) is 0 Å². The number of nitrogens with one attached hydrogen (secondary N) is 1. The van der Waals surface area contributed by atoms with Crippen molar-refractivity contribution in [2.24, 2.45) is 0 Å². The largest absolute Gasteiger partial charge is 0.322 e. The van der Waals surface area contributed by atoms with Gasteiger partial charge in [-0.15, -0.1) is 11.3 Å². The third-order valence-corrected chi connectivity index (χ3v) is 3.95. The number of amides is 2. The molecule has 0 aliphatic rings. The van der Waals surface area contributed by atoms with Gasteiger partial charge < -0.3 is 10.2 Å². The molecule has 4 nitrogen and oxygen atoms in total. The van der Waals surface area contributed by atoms with Crippen molar-refractivity contribution in [2.75, 3.05) is 12.4 Å².